The molecule has 3 N–H and O–H groups in total. The number of rotatable bonds is 2. The minimum absolute atomic E-state index is 0.0290. The van der Waals surface area contributed by atoms with Crippen LogP contribution in [0.1, 0.15) is 65.7 Å². The summed E-state index contributed by atoms with van der Waals surface area (Å²) >= 11 is 0. The van der Waals surface area contributed by atoms with Crippen LogP contribution >= 0.6 is 0 Å². The predicted octanol–water partition coefficient (Wildman–Crippen LogP) is 2.74. The summed E-state index contributed by atoms with van der Waals surface area (Å²) in [6.45, 7) is 0. The van der Waals surface area contributed by atoms with Gasteiger partial charge in [0.25, 0.3) is 5.91 Å². The van der Waals surface area contributed by atoms with Gasteiger partial charge in [-0.15, -0.1) is 0 Å². The van der Waals surface area contributed by atoms with Gasteiger partial charge in [0.2, 0.25) is 5.95 Å². The minimum atomic E-state index is 0.0290. The molecule has 0 atom stereocenters. The highest BCUT2D eigenvalue weighted by Crippen LogP contribution is 2.45. The molecule has 2 saturated carbocycles. The molecule has 134 valence electrons. The first kappa shape index (κ1) is 14.8. The Balaban J connectivity index is 1.41. The third-order valence-corrected chi connectivity index (χ3v) is 6.59. The molecule has 0 bridgehead atoms. The smallest absolute Gasteiger partial charge is 0.253 e. The molecule has 1 spiro atoms. The van der Waals surface area contributed by atoms with E-state index in [2.05, 4.69) is 20.6 Å². The van der Waals surface area contributed by atoms with Gasteiger partial charge < -0.3 is 15.6 Å². The number of aromatic nitrogens is 3. The van der Waals surface area contributed by atoms with Crippen LogP contribution in [-0.4, -0.2) is 32.4 Å². The monoisotopic (exact) mass is 349 g/mol. The Bertz CT molecular complexity index is 921. The highest BCUT2D eigenvalue weighted by molar-refractivity contribution is 6.01. The first-order valence-electron chi connectivity index (χ1n) is 9.90. The molecule has 0 aromatic carbocycles. The Hall–Kier alpha value is -2.37. The van der Waals surface area contributed by atoms with Crippen molar-refractivity contribution in [3.63, 3.8) is 0 Å². The molecule has 6 nitrogen and oxygen atoms in total. The second-order valence-electron chi connectivity index (χ2n) is 8.44. The SMILES string of the molecule is O=C1NC2(CC2)Cc2[nH]c3c(c21)CCc1cnc(NC2CCCC2)nc1-3. The van der Waals surface area contributed by atoms with Gasteiger partial charge in [-0.3, -0.25) is 4.79 Å². The molecule has 2 aromatic rings. The van der Waals surface area contributed by atoms with Gasteiger partial charge >= 0.3 is 0 Å². The summed E-state index contributed by atoms with van der Waals surface area (Å²) in [5, 5.41) is 6.74. The number of hydrogen-bond donors (Lipinski definition) is 3. The number of nitrogens with one attached hydrogen (secondary N) is 3. The Morgan fingerprint density at radius 1 is 1.19 bits per heavy atom. The van der Waals surface area contributed by atoms with Gasteiger partial charge in [-0.1, -0.05) is 12.8 Å². The van der Waals surface area contributed by atoms with Crippen molar-refractivity contribution in [3.8, 4) is 11.4 Å². The molecule has 0 radical (unpaired) electrons. The van der Waals surface area contributed by atoms with Crippen LogP contribution in [0.15, 0.2) is 6.20 Å². The van der Waals surface area contributed by atoms with Crippen LogP contribution in [0.2, 0.25) is 0 Å². The molecule has 1 amide bonds. The summed E-state index contributed by atoms with van der Waals surface area (Å²) in [5.74, 6) is 0.822. The summed E-state index contributed by atoms with van der Waals surface area (Å²) in [6.07, 6.45) is 11.8. The quantitative estimate of drug-likeness (QED) is 0.778. The van der Waals surface area contributed by atoms with Crippen molar-refractivity contribution in [1.29, 1.82) is 0 Å². The van der Waals surface area contributed by atoms with Gasteiger partial charge in [0.05, 0.1) is 17.0 Å². The van der Waals surface area contributed by atoms with Crippen LogP contribution in [0.3, 0.4) is 0 Å². The van der Waals surface area contributed by atoms with Crippen molar-refractivity contribution in [2.45, 2.75) is 69.4 Å². The van der Waals surface area contributed by atoms with E-state index in [4.69, 9.17) is 4.98 Å². The summed E-state index contributed by atoms with van der Waals surface area (Å²) in [4.78, 5) is 25.7. The van der Waals surface area contributed by atoms with Crippen molar-refractivity contribution in [2.75, 3.05) is 5.32 Å². The average molecular weight is 349 g/mol. The zero-order valence-corrected chi connectivity index (χ0v) is 14.8. The number of anilines is 1. The molecule has 3 aliphatic carbocycles. The van der Waals surface area contributed by atoms with Crippen LogP contribution in [0.4, 0.5) is 5.95 Å². The summed E-state index contributed by atoms with van der Waals surface area (Å²) < 4.78 is 0. The Morgan fingerprint density at radius 3 is 2.85 bits per heavy atom. The van der Waals surface area contributed by atoms with Gasteiger partial charge in [-0.2, -0.15) is 0 Å². The number of nitrogens with zero attached hydrogens (tertiary/aromatic N) is 2. The van der Waals surface area contributed by atoms with Gasteiger partial charge in [0.1, 0.15) is 0 Å². The van der Waals surface area contributed by atoms with E-state index in [0.717, 1.165) is 66.3 Å². The van der Waals surface area contributed by atoms with Gasteiger partial charge in [0, 0.05) is 29.9 Å². The molecule has 3 heterocycles. The van der Waals surface area contributed by atoms with Crippen LogP contribution in [0, 0.1) is 0 Å². The van der Waals surface area contributed by atoms with Crippen molar-refractivity contribution in [1.82, 2.24) is 20.3 Å². The van der Waals surface area contributed by atoms with E-state index < -0.39 is 0 Å². The Labute approximate surface area is 152 Å². The van der Waals surface area contributed by atoms with Crippen molar-refractivity contribution in [2.24, 2.45) is 0 Å². The molecule has 6 heteroatoms. The molecular weight excluding hydrogens is 326 g/mol. The van der Waals surface area contributed by atoms with Crippen molar-refractivity contribution >= 4 is 11.9 Å². The molecule has 26 heavy (non-hydrogen) atoms. The first-order chi connectivity index (χ1) is 12.7. The molecule has 0 unspecified atom stereocenters. The lowest BCUT2D eigenvalue weighted by Crippen LogP contribution is -2.43. The average Bonchev–Trinajstić information content (AvgIpc) is 3.05. The highest BCUT2D eigenvalue weighted by Gasteiger charge is 2.49. The third kappa shape index (κ3) is 2.14. The van der Waals surface area contributed by atoms with Crippen molar-refractivity contribution < 1.29 is 4.79 Å². The summed E-state index contributed by atoms with van der Waals surface area (Å²) in [6, 6.07) is 0.494. The van der Waals surface area contributed by atoms with Crippen LogP contribution in [0.5, 0.6) is 0 Å². The standard InChI is InChI=1S/C20H23N5O/c26-18-15-13-6-5-11-10-21-19(22-12-3-1-2-4-12)24-16(11)17(13)23-14(15)9-20(25-18)7-8-20/h10,12,23H,1-9H2,(H,25,26)(H,21,22,24). The lowest BCUT2D eigenvalue weighted by atomic mass is 9.90. The number of aromatic amines is 1. The van der Waals surface area contributed by atoms with E-state index in [1.807, 2.05) is 6.20 Å². The lowest BCUT2D eigenvalue weighted by Gasteiger charge is -2.24. The van der Waals surface area contributed by atoms with Gasteiger partial charge in [-0.05, 0) is 49.7 Å². The largest absolute Gasteiger partial charge is 0.356 e. The second-order valence-corrected chi connectivity index (χ2v) is 8.44. The molecule has 6 rings (SSSR count). The fraction of sp³-hybridized carbons (Fsp3) is 0.550. The lowest BCUT2D eigenvalue weighted by molar-refractivity contribution is 0.0917. The Morgan fingerprint density at radius 2 is 2.04 bits per heavy atom. The zero-order valence-electron chi connectivity index (χ0n) is 14.8. The fourth-order valence-corrected chi connectivity index (χ4v) is 4.98. The maximum absolute atomic E-state index is 12.7. The summed E-state index contributed by atoms with van der Waals surface area (Å²) in [5.41, 5.74) is 6.36. The van der Waals surface area contributed by atoms with E-state index in [0.29, 0.717) is 6.04 Å². The molecule has 4 aliphatic rings. The topological polar surface area (TPSA) is 82.7 Å². The number of hydrogen-bond acceptors (Lipinski definition) is 4. The van der Waals surface area contributed by atoms with Crippen molar-refractivity contribution in [3.05, 3.63) is 28.6 Å². The molecule has 1 aliphatic heterocycles. The maximum atomic E-state index is 12.7. The van der Waals surface area contributed by atoms with Gasteiger partial charge in [-0.25, -0.2) is 9.97 Å². The number of aryl methyl sites for hydroxylation is 1. The predicted molar refractivity (Wildman–Crippen MR) is 98.2 cm³/mol. The number of fused-ring (bicyclic) bond motifs is 5. The normalized spacial score (nSPS) is 22.5. The minimum Gasteiger partial charge on any atom is -0.356 e. The van der Waals surface area contributed by atoms with E-state index in [-0.39, 0.29) is 11.4 Å². The molecule has 0 saturated heterocycles. The molecule has 2 aromatic heterocycles. The fourth-order valence-electron chi connectivity index (χ4n) is 4.98. The van der Waals surface area contributed by atoms with Crippen LogP contribution in [0.25, 0.3) is 11.4 Å². The Kier molecular flexibility index (Phi) is 2.89. The first-order valence-corrected chi connectivity index (χ1v) is 9.90. The number of H-pyrrole nitrogens is 1. The molecule has 2 fully saturated rings. The molecular formula is C20H23N5O. The van der Waals surface area contributed by atoms with Crippen LogP contribution in [-0.2, 0) is 19.3 Å². The summed E-state index contributed by atoms with van der Waals surface area (Å²) in [7, 11) is 0. The van der Waals surface area contributed by atoms with E-state index in [1.54, 1.807) is 0 Å². The third-order valence-electron chi connectivity index (χ3n) is 6.59. The number of amides is 1. The van der Waals surface area contributed by atoms with Crippen LogP contribution < -0.4 is 10.6 Å². The second kappa shape index (κ2) is 5.09. The number of carbonyl (C=O) groups excluding carboxylic acids is 1. The van der Waals surface area contributed by atoms with E-state index in [9.17, 15) is 4.79 Å². The van der Waals surface area contributed by atoms with Gasteiger partial charge in [0.15, 0.2) is 0 Å². The van der Waals surface area contributed by atoms with E-state index in [1.165, 1.54) is 31.2 Å². The highest BCUT2D eigenvalue weighted by atomic mass is 16.2. The van der Waals surface area contributed by atoms with E-state index >= 15 is 0 Å². The number of carbonyl (C=O) groups is 1. The maximum Gasteiger partial charge on any atom is 0.253 e. The zero-order chi connectivity index (χ0) is 17.3.